The number of alkyl carbamates (subject to hydrolysis) is 1. The van der Waals surface area contributed by atoms with E-state index in [4.69, 9.17) is 13.9 Å². The highest BCUT2D eigenvalue weighted by Crippen LogP contribution is 2.39. The zero-order chi connectivity index (χ0) is 43.4. The van der Waals surface area contributed by atoms with E-state index in [9.17, 15) is 19.2 Å². The molecule has 3 amide bonds. The summed E-state index contributed by atoms with van der Waals surface area (Å²) in [6.07, 6.45) is 1.22. The van der Waals surface area contributed by atoms with Crippen LogP contribution in [-0.2, 0) is 43.0 Å². The number of benzene rings is 3. The number of likely N-dealkylation sites (tertiary alicyclic amines) is 1. The van der Waals surface area contributed by atoms with Crippen LogP contribution in [0.3, 0.4) is 0 Å². The van der Waals surface area contributed by atoms with Gasteiger partial charge in [0.25, 0.3) is 0 Å². The molecule has 1 fully saturated rings. The van der Waals surface area contributed by atoms with E-state index in [2.05, 4.69) is 44.5 Å². The molecule has 0 bridgehead atoms. The lowest BCUT2D eigenvalue weighted by Gasteiger charge is -2.42. The zero-order valence-corrected chi connectivity index (χ0v) is 38.1. The predicted octanol–water partition coefficient (Wildman–Crippen LogP) is 9.06. The minimum absolute atomic E-state index is 0.146. The fourth-order valence-electron chi connectivity index (χ4n) is 6.89. The van der Waals surface area contributed by atoms with E-state index in [1.807, 2.05) is 120 Å². The smallest absolute Gasteiger partial charge is 0.407 e. The third kappa shape index (κ3) is 14.9. The number of Topliss-reactive ketones (excluding diaryl/α,β-unsaturated/α-hetero) is 1. The molecule has 0 radical (unpaired) electrons. The third-order valence-corrected chi connectivity index (χ3v) is 16.2. The molecule has 5 atom stereocenters. The second-order valence-corrected chi connectivity index (χ2v) is 23.4. The third-order valence-electron chi connectivity index (χ3n) is 11.7. The van der Waals surface area contributed by atoms with E-state index in [-0.39, 0.29) is 35.0 Å². The summed E-state index contributed by atoms with van der Waals surface area (Å²) in [6, 6.07) is 26.4. The molecular formula is C48H69N3O7Si. The van der Waals surface area contributed by atoms with E-state index in [0.29, 0.717) is 57.6 Å². The van der Waals surface area contributed by atoms with E-state index in [1.165, 1.54) is 0 Å². The largest absolute Gasteiger partial charge is 0.489 e. The molecule has 322 valence electrons. The first-order valence-corrected chi connectivity index (χ1v) is 24.2. The van der Waals surface area contributed by atoms with Gasteiger partial charge in [-0.15, -0.1) is 0 Å². The first kappa shape index (κ1) is 47.2. The minimum atomic E-state index is -2.51. The number of amides is 3. The molecule has 5 unspecified atom stereocenters. The van der Waals surface area contributed by atoms with Gasteiger partial charge >= 0.3 is 6.09 Å². The van der Waals surface area contributed by atoms with Crippen molar-refractivity contribution in [2.45, 2.75) is 142 Å². The van der Waals surface area contributed by atoms with Crippen molar-refractivity contribution in [1.29, 1.82) is 0 Å². The number of rotatable bonds is 18. The highest BCUT2D eigenvalue weighted by atomic mass is 28.4. The monoisotopic (exact) mass is 827 g/mol. The number of hydrogen-bond donors (Lipinski definition) is 2. The second-order valence-electron chi connectivity index (χ2n) is 18.6. The molecule has 0 spiro atoms. The van der Waals surface area contributed by atoms with Gasteiger partial charge in [0.1, 0.15) is 29.8 Å². The molecule has 1 saturated heterocycles. The lowest BCUT2D eigenvalue weighted by Crippen LogP contribution is -2.56. The van der Waals surface area contributed by atoms with Crippen LogP contribution in [0.25, 0.3) is 0 Å². The SMILES string of the molecule is CCC(C)C(NC(=O)C(Cc1ccc(OCc2ccccc2)cc1)CC(O[Si](C)(C)C(C)(C)C)C(Cc1ccccc1)NC(=O)OC(C)(C)C)C(=O)N1CCC(=O)CC1. The Morgan fingerprint density at radius 1 is 0.780 bits per heavy atom. The van der Waals surface area contributed by atoms with Gasteiger partial charge in [0.15, 0.2) is 8.32 Å². The summed E-state index contributed by atoms with van der Waals surface area (Å²) in [5.41, 5.74) is 2.26. The predicted molar refractivity (Wildman–Crippen MR) is 237 cm³/mol. The molecule has 3 aromatic carbocycles. The van der Waals surface area contributed by atoms with E-state index >= 15 is 0 Å². The van der Waals surface area contributed by atoms with Crippen molar-refractivity contribution in [2.75, 3.05) is 13.1 Å². The number of nitrogens with zero attached hydrogens (tertiary/aromatic N) is 1. The number of carbonyl (C=O) groups is 4. The maximum Gasteiger partial charge on any atom is 0.407 e. The minimum Gasteiger partial charge on any atom is -0.489 e. The average Bonchev–Trinajstić information content (AvgIpc) is 3.18. The van der Waals surface area contributed by atoms with Crippen molar-refractivity contribution in [3.05, 3.63) is 102 Å². The summed E-state index contributed by atoms with van der Waals surface area (Å²) in [4.78, 5) is 56.4. The summed E-state index contributed by atoms with van der Waals surface area (Å²) < 4.78 is 19.1. The van der Waals surface area contributed by atoms with Gasteiger partial charge in [-0.25, -0.2) is 4.79 Å². The molecule has 1 aliphatic heterocycles. The van der Waals surface area contributed by atoms with Crippen molar-refractivity contribution in [2.24, 2.45) is 11.8 Å². The van der Waals surface area contributed by atoms with Crippen LogP contribution in [0.1, 0.15) is 97.8 Å². The zero-order valence-electron chi connectivity index (χ0n) is 37.1. The van der Waals surface area contributed by atoms with Crippen LogP contribution in [0.2, 0.25) is 18.1 Å². The maximum absolute atomic E-state index is 14.9. The van der Waals surface area contributed by atoms with Crippen LogP contribution in [0.5, 0.6) is 5.75 Å². The number of ketones is 1. The highest BCUT2D eigenvalue weighted by Gasteiger charge is 2.43. The number of hydrogen-bond acceptors (Lipinski definition) is 7. The molecule has 10 nitrogen and oxygen atoms in total. The van der Waals surface area contributed by atoms with Gasteiger partial charge in [-0.05, 0) is 92.9 Å². The molecule has 4 rings (SSSR count). The van der Waals surface area contributed by atoms with Crippen LogP contribution in [0.15, 0.2) is 84.9 Å². The van der Waals surface area contributed by atoms with Gasteiger partial charge in [-0.1, -0.05) is 114 Å². The molecule has 0 aromatic heterocycles. The molecule has 0 aliphatic carbocycles. The summed E-state index contributed by atoms with van der Waals surface area (Å²) in [6.45, 7) is 21.5. The van der Waals surface area contributed by atoms with Gasteiger partial charge in [0.2, 0.25) is 11.8 Å². The van der Waals surface area contributed by atoms with Gasteiger partial charge in [-0.3, -0.25) is 14.4 Å². The fourth-order valence-corrected chi connectivity index (χ4v) is 8.26. The van der Waals surface area contributed by atoms with E-state index < -0.39 is 44.1 Å². The van der Waals surface area contributed by atoms with Crippen LogP contribution in [-0.4, -0.2) is 73.8 Å². The molecule has 59 heavy (non-hydrogen) atoms. The Hall–Kier alpha value is -4.48. The topological polar surface area (TPSA) is 123 Å². The van der Waals surface area contributed by atoms with E-state index in [1.54, 1.807) is 4.90 Å². The van der Waals surface area contributed by atoms with Gasteiger partial charge in [0, 0.05) is 31.8 Å². The van der Waals surface area contributed by atoms with Crippen molar-refractivity contribution in [3.63, 3.8) is 0 Å². The Balaban J connectivity index is 1.74. The molecule has 0 saturated carbocycles. The number of piperidine rings is 1. The van der Waals surface area contributed by atoms with Crippen LogP contribution in [0.4, 0.5) is 4.79 Å². The first-order chi connectivity index (χ1) is 27.7. The number of nitrogens with one attached hydrogen (secondary N) is 2. The summed E-state index contributed by atoms with van der Waals surface area (Å²) >= 11 is 0. The summed E-state index contributed by atoms with van der Waals surface area (Å²) in [5.74, 6) is -0.369. The number of carbonyl (C=O) groups excluding carboxylic acids is 4. The summed E-state index contributed by atoms with van der Waals surface area (Å²) in [5, 5.41) is 6.21. The second kappa shape index (κ2) is 21.2. The normalized spacial score (nSPS) is 16.3. The molecular weight excluding hydrogens is 759 g/mol. The Bertz CT molecular complexity index is 1800. The lowest BCUT2D eigenvalue weighted by molar-refractivity contribution is -0.141. The average molecular weight is 828 g/mol. The van der Waals surface area contributed by atoms with Crippen molar-refractivity contribution in [1.82, 2.24) is 15.5 Å². The van der Waals surface area contributed by atoms with E-state index in [0.717, 1.165) is 16.7 Å². The first-order valence-electron chi connectivity index (χ1n) is 21.3. The lowest BCUT2D eigenvalue weighted by atomic mass is 9.87. The van der Waals surface area contributed by atoms with Gasteiger partial charge in [0.05, 0.1) is 12.1 Å². The van der Waals surface area contributed by atoms with Crippen molar-refractivity contribution in [3.8, 4) is 5.75 Å². The quantitative estimate of drug-likeness (QED) is 0.123. The van der Waals surface area contributed by atoms with Crippen LogP contribution >= 0.6 is 0 Å². The Kier molecular flexibility index (Phi) is 16.9. The Labute approximate surface area is 354 Å². The van der Waals surface area contributed by atoms with Crippen LogP contribution < -0.4 is 15.4 Å². The highest BCUT2D eigenvalue weighted by molar-refractivity contribution is 6.74. The van der Waals surface area contributed by atoms with Crippen molar-refractivity contribution < 1.29 is 33.1 Å². The molecule has 1 aliphatic rings. The summed E-state index contributed by atoms with van der Waals surface area (Å²) in [7, 11) is -2.51. The van der Waals surface area contributed by atoms with Gasteiger partial charge < -0.3 is 29.4 Å². The van der Waals surface area contributed by atoms with Crippen LogP contribution in [0, 0.1) is 11.8 Å². The fraction of sp³-hybridized carbons (Fsp3) is 0.542. The molecule has 2 N–H and O–H groups in total. The Morgan fingerprint density at radius 2 is 1.34 bits per heavy atom. The molecule has 1 heterocycles. The van der Waals surface area contributed by atoms with Crippen molar-refractivity contribution >= 4 is 32.0 Å². The number of ether oxygens (including phenoxy) is 2. The maximum atomic E-state index is 14.9. The molecule has 3 aromatic rings. The Morgan fingerprint density at radius 3 is 1.88 bits per heavy atom. The standard InChI is InChI=1S/C48H69N3O7Si/c1-11-34(2)43(45(54)51-28-26-39(52)27-29-51)50-44(53)38(30-36-22-24-40(25-23-36)56-33-37-20-16-13-17-21-37)32-42(58-59(9,10)48(6,7)8)41(31-35-18-14-12-15-19-35)49-46(55)57-47(3,4)5/h12-25,34,38,41-43H,11,26-33H2,1-10H3,(H,49,55)(H,50,53). The van der Waals surface area contributed by atoms with Gasteiger partial charge in [-0.2, -0.15) is 0 Å². The molecule has 11 heteroatoms.